The highest BCUT2D eigenvalue weighted by Crippen LogP contribution is 1.86. The van der Waals surface area contributed by atoms with Crippen molar-refractivity contribution in [2.75, 3.05) is 28.2 Å². The summed E-state index contributed by atoms with van der Waals surface area (Å²) in [5.74, 6) is -2.73. The van der Waals surface area contributed by atoms with Crippen molar-refractivity contribution in [3.63, 3.8) is 0 Å². The molecule has 0 saturated carbocycles. The highest BCUT2D eigenvalue weighted by Gasteiger charge is 2.00. The lowest BCUT2D eigenvalue weighted by atomic mass is 10.3. The number of carboxylic acids is 2. The third kappa shape index (κ3) is 43.1. The molecule has 0 rings (SSSR count). The van der Waals surface area contributed by atoms with Crippen molar-refractivity contribution in [1.82, 2.24) is 10.1 Å². The number of hydrogen-bond acceptors (Lipinski definition) is 8. The normalized spacial score (nSPS) is 8.91. The predicted molar refractivity (Wildman–Crippen MR) is 75.4 cm³/mol. The van der Waals surface area contributed by atoms with Crippen LogP contribution in [0.3, 0.4) is 0 Å². The Bertz CT molecular complexity index is 321. The van der Waals surface area contributed by atoms with Gasteiger partial charge in [-0.25, -0.2) is 0 Å². The molecule has 0 aliphatic rings. The van der Waals surface area contributed by atoms with Gasteiger partial charge in [-0.1, -0.05) is 0 Å². The van der Waals surface area contributed by atoms with E-state index < -0.39 is 11.9 Å². The van der Waals surface area contributed by atoms with Gasteiger partial charge in [0, 0.05) is 42.0 Å². The molecule has 0 unspecified atom stereocenters. The van der Waals surface area contributed by atoms with Gasteiger partial charge in [0.15, 0.2) is 0 Å². The van der Waals surface area contributed by atoms with Crippen LogP contribution in [0.25, 0.3) is 0 Å². The standard InChI is InChI=1S/2C4H9NO2.C4H6O4/c2*1-4(6)7-5(2)3;5-3(6)1-2-4(7)8/h2*1-3H3;1-2H2,(H,5,6)(H,7,8). The van der Waals surface area contributed by atoms with Gasteiger partial charge in [0.25, 0.3) is 0 Å². The molecule has 0 aliphatic carbocycles. The molecule has 0 atom stereocenters. The predicted octanol–water partition coefficient (Wildman–Crippen LogP) is -0.0120. The molecule has 2 N–H and O–H groups in total. The monoisotopic (exact) mass is 324 g/mol. The van der Waals surface area contributed by atoms with Gasteiger partial charge in [-0.15, -0.1) is 10.1 Å². The summed E-state index contributed by atoms with van der Waals surface area (Å²) in [6, 6.07) is 0. The average molecular weight is 324 g/mol. The molecule has 0 aliphatic heterocycles. The molecular weight excluding hydrogens is 300 g/mol. The number of aliphatic carboxylic acids is 2. The lowest BCUT2D eigenvalue weighted by Gasteiger charge is -2.05. The maximum atomic E-state index is 9.99. The quantitative estimate of drug-likeness (QED) is 0.665. The van der Waals surface area contributed by atoms with E-state index >= 15 is 0 Å². The van der Waals surface area contributed by atoms with E-state index in [0.717, 1.165) is 0 Å². The van der Waals surface area contributed by atoms with Crippen LogP contribution in [-0.2, 0) is 28.9 Å². The fourth-order valence-electron chi connectivity index (χ4n) is 0.728. The maximum Gasteiger partial charge on any atom is 0.321 e. The smallest absolute Gasteiger partial charge is 0.321 e. The fraction of sp³-hybridized carbons (Fsp3) is 0.667. The Kier molecular flexibility index (Phi) is 17.1. The average Bonchev–Trinajstić information content (AvgIpc) is 2.23. The van der Waals surface area contributed by atoms with Gasteiger partial charge < -0.3 is 19.9 Å². The van der Waals surface area contributed by atoms with Crippen molar-refractivity contribution in [2.45, 2.75) is 26.7 Å². The molecular formula is C12H24N2O8. The molecule has 22 heavy (non-hydrogen) atoms. The Morgan fingerprint density at radius 2 is 0.955 bits per heavy atom. The Morgan fingerprint density at radius 1 is 0.727 bits per heavy atom. The molecule has 0 aromatic heterocycles. The largest absolute Gasteiger partial charge is 0.481 e. The summed E-state index contributed by atoms with van der Waals surface area (Å²) < 4.78 is 0. The minimum Gasteiger partial charge on any atom is -0.481 e. The van der Waals surface area contributed by atoms with E-state index in [2.05, 4.69) is 9.68 Å². The first-order valence-corrected chi connectivity index (χ1v) is 6.03. The number of nitrogens with zero attached hydrogens (tertiary/aromatic N) is 2. The fourth-order valence-corrected chi connectivity index (χ4v) is 0.728. The van der Waals surface area contributed by atoms with Crippen molar-refractivity contribution < 1.29 is 39.1 Å². The summed E-state index contributed by atoms with van der Waals surface area (Å²) in [6.45, 7) is 2.72. The number of hydroxylamine groups is 4. The summed E-state index contributed by atoms with van der Waals surface area (Å²) in [7, 11) is 6.62. The number of carboxylic acid groups (broad SMARTS) is 2. The molecule has 130 valence electrons. The minimum atomic E-state index is -1.08. The zero-order valence-corrected chi connectivity index (χ0v) is 13.7. The van der Waals surface area contributed by atoms with Crippen LogP contribution in [-0.4, -0.2) is 72.4 Å². The van der Waals surface area contributed by atoms with Crippen LogP contribution in [0, 0.1) is 0 Å². The van der Waals surface area contributed by atoms with Crippen LogP contribution in [0.2, 0.25) is 0 Å². The molecule has 0 fully saturated rings. The highest BCUT2D eigenvalue weighted by atomic mass is 16.7. The van der Waals surface area contributed by atoms with Crippen LogP contribution in [0.4, 0.5) is 0 Å². The summed E-state index contributed by atoms with van der Waals surface area (Å²) in [4.78, 5) is 48.2. The van der Waals surface area contributed by atoms with Gasteiger partial charge in [-0.05, 0) is 0 Å². The van der Waals surface area contributed by atoms with Crippen LogP contribution in [0.1, 0.15) is 26.7 Å². The van der Waals surface area contributed by atoms with Crippen molar-refractivity contribution in [1.29, 1.82) is 0 Å². The van der Waals surface area contributed by atoms with Crippen molar-refractivity contribution in [3.8, 4) is 0 Å². The minimum absolute atomic E-state index is 0.287. The molecule has 10 nitrogen and oxygen atoms in total. The van der Waals surface area contributed by atoms with Crippen molar-refractivity contribution in [2.24, 2.45) is 0 Å². The van der Waals surface area contributed by atoms with Gasteiger partial charge in [-0.3, -0.25) is 19.2 Å². The Labute approximate surface area is 129 Å². The number of rotatable bonds is 5. The van der Waals surface area contributed by atoms with Crippen molar-refractivity contribution >= 4 is 23.9 Å². The molecule has 0 aromatic carbocycles. The summed E-state index contributed by atoms with van der Waals surface area (Å²) >= 11 is 0. The van der Waals surface area contributed by atoms with Gasteiger partial charge in [0.05, 0.1) is 12.8 Å². The maximum absolute atomic E-state index is 9.99. The van der Waals surface area contributed by atoms with E-state index in [4.69, 9.17) is 10.2 Å². The Balaban J connectivity index is -0.000000247. The summed E-state index contributed by atoms with van der Waals surface area (Å²) in [5.41, 5.74) is 0. The third-order valence-electron chi connectivity index (χ3n) is 1.17. The van der Waals surface area contributed by atoms with E-state index in [-0.39, 0.29) is 24.8 Å². The van der Waals surface area contributed by atoms with E-state index in [0.29, 0.717) is 0 Å². The third-order valence-corrected chi connectivity index (χ3v) is 1.17. The Morgan fingerprint density at radius 3 is 1.00 bits per heavy atom. The first-order valence-electron chi connectivity index (χ1n) is 6.03. The van der Waals surface area contributed by atoms with Gasteiger partial charge in [-0.2, -0.15) is 0 Å². The first-order chi connectivity index (χ1) is 9.88. The highest BCUT2D eigenvalue weighted by molar-refractivity contribution is 5.75. The summed E-state index contributed by atoms with van der Waals surface area (Å²) in [6.07, 6.45) is -0.593. The molecule has 0 spiro atoms. The topological polar surface area (TPSA) is 134 Å². The molecule has 0 bridgehead atoms. The van der Waals surface area contributed by atoms with Crippen LogP contribution in [0.15, 0.2) is 0 Å². The van der Waals surface area contributed by atoms with Crippen LogP contribution in [0.5, 0.6) is 0 Å². The molecule has 0 saturated heterocycles. The van der Waals surface area contributed by atoms with Gasteiger partial charge in [0.1, 0.15) is 0 Å². The SMILES string of the molecule is CC(=O)ON(C)C.CC(=O)ON(C)C.O=C(O)CCC(=O)O. The lowest BCUT2D eigenvalue weighted by Crippen LogP contribution is -2.15. The van der Waals surface area contributed by atoms with E-state index in [1.807, 2.05) is 0 Å². The number of carbonyl (C=O) groups is 4. The van der Waals surface area contributed by atoms with Crippen LogP contribution < -0.4 is 0 Å². The lowest BCUT2D eigenvalue weighted by molar-refractivity contribution is -0.176. The van der Waals surface area contributed by atoms with Crippen LogP contribution >= 0.6 is 0 Å². The molecule has 0 aromatic rings. The van der Waals surface area contributed by atoms with Gasteiger partial charge >= 0.3 is 23.9 Å². The second kappa shape index (κ2) is 15.2. The second-order valence-corrected chi connectivity index (χ2v) is 4.08. The molecule has 10 heteroatoms. The molecule has 0 radical (unpaired) electrons. The van der Waals surface area contributed by atoms with E-state index in [9.17, 15) is 19.2 Å². The van der Waals surface area contributed by atoms with E-state index in [1.165, 1.54) is 24.0 Å². The van der Waals surface area contributed by atoms with Crippen molar-refractivity contribution in [3.05, 3.63) is 0 Å². The molecule has 0 amide bonds. The first kappa shape index (κ1) is 24.8. The second-order valence-electron chi connectivity index (χ2n) is 4.08. The number of carbonyl (C=O) groups excluding carboxylic acids is 2. The zero-order valence-electron chi connectivity index (χ0n) is 13.7. The summed E-state index contributed by atoms with van der Waals surface area (Å²) in [5, 5.41) is 18.5. The molecule has 0 heterocycles. The Hall–Kier alpha value is -2.20. The zero-order chi connectivity index (χ0) is 18.3. The van der Waals surface area contributed by atoms with E-state index in [1.54, 1.807) is 28.2 Å². The van der Waals surface area contributed by atoms with Gasteiger partial charge in [0.2, 0.25) is 0 Å². The number of hydrogen-bond donors (Lipinski definition) is 2.